The van der Waals surface area contributed by atoms with Gasteiger partial charge in [-0.3, -0.25) is 0 Å². The quantitative estimate of drug-likeness (QED) is 0.927. The zero-order chi connectivity index (χ0) is 15.0. The summed E-state index contributed by atoms with van der Waals surface area (Å²) in [5, 5.41) is -0.0557. The predicted molar refractivity (Wildman–Crippen MR) is 65.5 cm³/mol. The second-order valence-corrected chi connectivity index (χ2v) is 6.67. The molecule has 2 rings (SSSR count). The molecule has 1 aromatic rings. The van der Waals surface area contributed by atoms with Crippen LogP contribution in [0.2, 0.25) is 0 Å². The molecular weight excluding hydrogens is 295 g/mol. The van der Waals surface area contributed by atoms with Crippen LogP contribution in [0.15, 0.2) is 11.2 Å². The number of halogens is 3. The summed E-state index contributed by atoms with van der Waals surface area (Å²) >= 11 is 0. The Kier molecular flexibility index (Phi) is 4.10. The monoisotopic (exact) mass is 311 g/mol. The van der Waals surface area contributed by atoms with Gasteiger partial charge in [0, 0.05) is 19.5 Å². The highest BCUT2D eigenvalue weighted by Crippen LogP contribution is 2.35. The molecule has 0 bridgehead atoms. The van der Waals surface area contributed by atoms with Crippen molar-refractivity contribution >= 4 is 10.0 Å². The summed E-state index contributed by atoms with van der Waals surface area (Å²) in [6.07, 6.45) is -2.87. The molecule has 0 unspecified atom stereocenters. The molecule has 0 saturated carbocycles. The van der Waals surface area contributed by atoms with Crippen LogP contribution in [0.25, 0.3) is 0 Å². The van der Waals surface area contributed by atoms with E-state index in [1.165, 1.54) is 6.20 Å². The Bertz CT molecular complexity index is 560. The maximum Gasteiger partial charge on any atom is 0.391 e. The second kappa shape index (κ2) is 5.36. The molecule has 1 aliphatic heterocycles. The topological polar surface area (TPSA) is 66.1 Å². The molecular formula is C11H16F3N3O2S. The van der Waals surface area contributed by atoms with Gasteiger partial charge < -0.3 is 4.98 Å². The standard InChI is InChI=1S/C11H16F3N3O2S/c1-2-9-15-7-10(16-9)20(18,19)17-5-3-8(4-6-17)11(12,13)14/h7-8H,2-6H2,1H3,(H,15,16). The summed E-state index contributed by atoms with van der Waals surface area (Å²) in [6, 6.07) is 0. The molecule has 1 N–H and O–H groups in total. The number of aromatic amines is 1. The van der Waals surface area contributed by atoms with E-state index in [-0.39, 0.29) is 31.0 Å². The predicted octanol–water partition coefficient (Wildman–Crippen LogP) is 1.94. The molecule has 0 radical (unpaired) electrons. The Morgan fingerprint density at radius 1 is 1.40 bits per heavy atom. The molecule has 1 saturated heterocycles. The molecule has 9 heteroatoms. The maximum absolute atomic E-state index is 12.6. The number of piperidine rings is 1. The normalized spacial score (nSPS) is 19.4. The van der Waals surface area contributed by atoms with Crippen LogP contribution >= 0.6 is 0 Å². The number of aryl methyl sites for hydroxylation is 1. The van der Waals surface area contributed by atoms with Crippen LogP contribution in [-0.4, -0.2) is 42.0 Å². The van der Waals surface area contributed by atoms with Crippen molar-refractivity contribution in [1.82, 2.24) is 14.3 Å². The Morgan fingerprint density at radius 3 is 2.45 bits per heavy atom. The van der Waals surface area contributed by atoms with Crippen LogP contribution in [0.5, 0.6) is 0 Å². The van der Waals surface area contributed by atoms with Crippen LogP contribution in [0, 0.1) is 5.92 Å². The van der Waals surface area contributed by atoms with Crippen LogP contribution in [0.1, 0.15) is 25.6 Å². The zero-order valence-electron chi connectivity index (χ0n) is 10.9. The molecule has 0 aliphatic carbocycles. The van der Waals surface area contributed by atoms with Crippen LogP contribution in [-0.2, 0) is 16.4 Å². The average Bonchev–Trinajstić information content (AvgIpc) is 2.87. The zero-order valence-corrected chi connectivity index (χ0v) is 11.8. The van der Waals surface area contributed by atoms with Gasteiger partial charge in [-0.1, -0.05) is 6.92 Å². The van der Waals surface area contributed by atoms with Crippen molar-refractivity contribution in [3.05, 3.63) is 12.0 Å². The molecule has 0 atom stereocenters. The van der Waals surface area contributed by atoms with Gasteiger partial charge in [0.1, 0.15) is 5.82 Å². The van der Waals surface area contributed by atoms with E-state index in [1.54, 1.807) is 0 Å². The van der Waals surface area contributed by atoms with Crippen molar-refractivity contribution in [3.63, 3.8) is 0 Å². The summed E-state index contributed by atoms with van der Waals surface area (Å²) in [5.74, 6) is -0.879. The first-order valence-electron chi connectivity index (χ1n) is 6.36. The third-order valence-electron chi connectivity index (χ3n) is 3.47. The highest BCUT2D eigenvalue weighted by atomic mass is 32.2. The smallest absolute Gasteiger partial charge is 0.332 e. The highest BCUT2D eigenvalue weighted by molar-refractivity contribution is 7.89. The number of hydrogen-bond acceptors (Lipinski definition) is 3. The summed E-state index contributed by atoms with van der Waals surface area (Å²) in [6.45, 7) is 1.59. The third-order valence-corrected chi connectivity index (χ3v) is 5.28. The van der Waals surface area contributed by atoms with Crippen molar-refractivity contribution in [3.8, 4) is 0 Å². The van der Waals surface area contributed by atoms with Crippen molar-refractivity contribution in [1.29, 1.82) is 0 Å². The lowest BCUT2D eigenvalue weighted by atomic mass is 9.98. The number of imidazole rings is 1. The number of H-pyrrole nitrogens is 1. The number of nitrogens with zero attached hydrogens (tertiary/aromatic N) is 2. The summed E-state index contributed by atoms with van der Waals surface area (Å²) in [5.41, 5.74) is 0. The number of alkyl halides is 3. The Balaban J connectivity index is 2.09. The van der Waals surface area contributed by atoms with E-state index in [0.29, 0.717) is 12.2 Å². The third kappa shape index (κ3) is 2.98. The van der Waals surface area contributed by atoms with Gasteiger partial charge >= 0.3 is 6.18 Å². The Morgan fingerprint density at radius 2 is 2.00 bits per heavy atom. The van der Waals surface area contributed by atoms with Gasteiger partial charge in [0.15, 0.2) is 5.03 Å². The van der Waals surface area contributed by atoms with Crippen LogP contribution < -0.4 is 0 Å². The van der Waals surface area contributed by atoms with E-state index in [2.05, 4.69) is 9.97 Å². The molecule has 0 spiro atoms. The van der Waals surface area contributed by atoms with Crippen molar-refractivity contribution < 1.29 is 21.6 Å². The van der Waals surface area contributed by atoms with Crippen molar-refractivity contribution in [2.45, 2.75) is 37.4 Å². The lowest BCUT2D eigenvalue weighted by Crippen LogP contribution is -2.42. The molecule has 114 valence electrons. The van der Waals surface area contributed by atoms with E-state index in [4.69, 9.17) is 0 Å². The first-order chi connectivity index (χ1) is 9.25. The maximum atomic E-state index is 12.6. The number of rotatable bonds is 3. The van der Waals surface area contributed by atoms with E-state index in [0.717, 1.165) is 4.31 Å². The van der Waals surface area contributed by atoms with Gasteiger partial charge in [0.05, 0.1) is 12.1 Å². The van der Waals surface area contributed by atoms with Gasteiger partial charge in [0.2, 0.25) is 0 Å². The molecule has 0 aromatic carbocycles. The summed E-state index contributed by atoms with van der Waals surface area (Å²) in [7, 11) is -3.77. The van der Waals surface area contributed by atoms with Gasteiger partial charge in [-0.15, -0.1) is 0 Å². The second-order valence-electron chi connectivity index (χ2n) is 4.77. The summed E-state index contributed by atoms with van der Waals surface area (Å²) in [4.78, 5) is 6.59. The molecule has 0 amide bonds. The van der Waals surface area contributed by atoms with Crippen molar-refractivity contribution in [2.24, 2.45) is 5.92 Å². The Hall–Kier alpha value is -1.09. The average molecular weight is 311 g/mol. The van der Waals surface area contributed by atoms with Gasteiger partial charge in [-0.05, 0) is 12.8 Å². The fourth-order valence-electron chi connectivity index (χ4n) is 2.22. The molecule has 1 fully saturated rings. The van der Waals surface area contributed by atoms with Gasteiger partial charge in [0.25, 0.3) is 10.0 Å². The summed E-state index contributed by atoms with van der Waals surface area (Å²) < 4.78 is 63.2. The lowest BCUT2D eigenvalue weighted by molar-refractivity contribution is -0.182. The van der Waals surface area contributed by atoms with Gasteiger partial charge in [-0.2, -0.15) is 17.5 Å². The fraction of sp³-hybridized carbons (Fsp3) is 0.727. The number of nitrogens with one attached hydrogen (secondary N) is 1. The first kappa shape index (κ1) is 15.3. The van der Waals surface area contributed by atoms with Crippen LogP contribution in [0.3, 0.4) is 0 Å². The number of hydrogen-bond donors (Lipinski definition) is 1. The van der Waals surface area contributed by atoms with Gasteiger partial charge in [-0.25, -0.2) is 13.4 Å². The minimum absolute atomic E-state index is 0.0557. The molecule has 2 heterocycles. The largest absolute Gasteiger partial charge is 0.391 e. The minimum Gasteiger partial charge on any atom is -0.332 e. The highest BCUT2D eigenvalue weighted by Gasteiger charge is 2.43. The lowest BCUT2D eigenvalue weighted by Gasteiger charge is -2.31. The molecule has 1 aromatic heterocycles. The van der Waals surface area contributed by atoms with E-state index in [9.17, 15) is 21.6 Å². The van der Waals surface area contributed by atoms with E-state index >= 15 is 0 Å². The first-order valence-corrected chi connectivity index (χ1v) is 7.80. The molecule has 1 aliphatic rings. The number of sulfonamides is 1. The number of aromatic nitrogens is 2. The van der Waals surface area contributed by atoms with E-state index < -0.39 is 22.1 Å². The van der Waals surface area contributed by atoms with Crippen LogP contribution in [0.4, 0.5) is 13.2 Å². The fourth-order valence-corrected chi connectivity index (χ4v) is 3.62. The minimum atomic E-state index is -4.25. The molecule has 20 heavy (non-hydrogen) atoms. The Labute approximate surface area is 115 Å². The van der Waals surface area contributed by atoms with Crippen molar-refractivity contribution in [2.75, 3.05) is 13.1 Å². The van der Waals surface area contributed by atoms with E-state index in [1.807, 2.05) is 6.92 Å². The molecule has 5 nitrogen and oxygen atoms in total. The SMILES string of the molecule is CCc1ncc(S(=O)(=O)N2CCC(C(F)(F)F)CC2)[nH]1.